The summed E-state index contributed by atoms with van der Waals surface area (Å²) in [6, 6.07) is 0. The first-order valence-corrected chi connectivity index (χ1v) is 4.12. The van der Waals surface area contributed by atoms with Crippen LogP contribution in [0.15, 0.2) is 25.3 Å². The van der Waals surface area contributed by atoms with E-state index in [1.54, 1.807) is 0 Å². The van der Waals surface area contributed by atoms with Crippen molar-refractivity contribution in [3.63, 3.8) is 0 Å². The van der Waals surface area contributed by atoms with Gasteiger partial charge in [-0.2, -0.15) is 0 Å². The van der Waals surface area contributed by atoms with Crippen LogP contribution in [-0.4, -0.2) is 0 Å². The second-order valence-electron chi connectivity index (χ2n) is 3.16. The third-order valence-corrected chi connectivity index (χ3v) is 2.42. The Kier molecular flexibility index (Phi) is 2.73. The number of hydrogen-bond acceptors (Lipinski definition) is 0. The van der Waals surface area contributed by atoms with Gasteiger partial charge in [-0.05, 0) is 31.1 Å². The first-order valence-electron chi connectivity index (χ1n) is 4.12. The average molecular weight is 136 g/mol. The van der Waals surface area contributed by atoms with E-state index < -0.39 is 0 Å². The molecule has 1 saturated carbocycles. The van der Waals surface area contributed by atoms with Gasteiger partial charge in [0, 0.05) is 0 Å². The van der Waals surface area contributed by atoms with Crippen molar-refractivity contribution in [1.29, 1.82) is 0 Å². The third-order valence-electron chi connectivity index (χ3n) is 2.42. The second-order valence-corrected chi connectivity index (χ2v) is 3.16. The number of hydrogen-bond donors (Lipinski definition) is 0. The van der Waals surface area contributed by atoms with Gasteiger partial charge in [-0.3, -0.25) is 0 Å². The Hall–Kier alpha value is -0.520. The zero-order valence-electron chi connectivity index (χ0n) is 6.55. The topological polar surface area (TPSA) is 0 Å². The molecule has 1 aliphatic carbocycles. The van der Waals surface area contributed by atoms with Crippen LogP contribution in [0.4, 0.5) is 0 Å². The van der Waals surface area contributed by atoms with Crippen LogP contribution in [0.1, 0.15) is 25.7 Å². The minimum atomic E-state index is 0.761. The van der Waals surface area contributed by atoms with Crippen molar-refractivity contribution in [3.8, 4) is 0 Å². The SMILES string of the molecule is C=C[C@H]1CCC[C@H](C=C)C1. The Bertz CT molecular complexity index is 110. The molecule has 1 rings (SSSR count). The van der Waals surface area contributed by atoms with Gasteiger partial charge in [0.05, 0.1) is 0 Å². The highest BCUT2D eigenvalue weighted by Crippen LogP contribution is 2.29. The van der Waals surface area contributed by atoms with Crippen LogP contribution >= 0.6 is 0 Å². The van der Waals surface area contributed by atoms with E-state index in [9.17, 15) is 0 Å². The molecular formula is C10H16. The summed E-state index contributed by atoms with van der Waals surface area (Å²) in [4.78, 5) is 0. The molecule has 0 spiro atoms. The van der Waals surface area contributed by atoms with Crippen molar-refractivity contribution in [2.45, 2.75) is 25.7 Å². The molecule has 0 unspecified atom stereocenters. The molecule has 0 aromatic rings. The molecule has 0 amide bonds. The number of allylic oxidation sites excluding steroid dienone is 2. The third kappa shape index (κ3) is 1.73. The minimum Gasteiger partial charge on any atom is -0.103 e. The van der Waals surface area contributed by atoms with Gasteiger partial charge in [-0.1, -0.05) is 18.6 Å². The summed E-state index contributed by atoms with van der Waals surface area (Å²) in [5, 5.41) is 0. The zero-order chi connectivity index (χ0) is 7.40. The van der Waals surface area contributed by atoms with Gasteiger partial charge in [0.15, 0.2) is 0 Å². The van der Waals surface area contributed by atoms with E-state index in [-0.39, 0.29) is 0 Å². The zero-order valence-corrected chi connectivity index (χ0v) is 6.55. The van der Waals surface area contributed by atoms with Crippen LogP contribution in [0, 0.1) is 11.8 Å². The smallest absolute Gasteiger partial charge is 0.0231 e. The highest BCUT2D eigenvalue weighted by atomic mass is 14.2. The van der Waals surface area contributed by atoms with Crippen LogP contribution < -0.4 is 0 Å². The number of rotatable bonds is 2. The molecule has 0 bridgehead atoms. The largest absolute Gasteiger partial charge is 0.103 e. The van der Waals surface area contributed by atoms with Crippen molar-refractivity contribution < 1.29 is 0 Å². The molecule has 1 fully saturated rings. The summed E-state index contributed by atoms with van der Waals surface area (Å²) in [6.45, 7) is 7.64. The monoisotopic (exact) mass is 136 g/mol. The lowest BCUT2D eigenvalue weighted by Gasteiger charge is -2.24. The molecule has 2 atom stereocenters. The molecule has 0 saturated heterocycles. The summed E-state index contributed by atoms with van der Waals surface area (Å²) in [7, 11) is 0. The van der Waals surface area contributed by atoms with Gasteiger partial charge in [0.1, 0.15) is 0 Å². The first kappa shape index (κ1) is 7.59. The molecule has 0 nitrogen and oxygen atoms in total. The molecule has 10 heavy (non-hydrogen) atoms. The molecule has 0 aliphatic heterocycles. The van der Waals surface area contributed by atoms with E-state index in [2.05, 4.69) is 25.3 Å². The van der Waals surface area contributed by atoms with Crippen LogP contribution in [0.25, 0.3) is 0 Å². The summed E-state index contributed by atoms with van der Waals surface area (Å²) < 4.78 is 0. The highest BCUT2D eigenvalue weighted by Gasteiger charge is 2.16. The van der Waals surface area contributed by atoms with Crippen molar-refractivity contribution in [1.82, 2.24) is 0 Å². The summed E-state index contributed by atoms with van der Waals surface area (Å²) >= 11 is 0. The van der Waals surface area contributed by atoms with Crippen LogP contribution in [0.5, 0.6) is 0 Å². The fraction of sp³-hybridized carbons (Fsp3) is 0.600. The van der Waals surface area contributed by atoms with Gasteiger partial charge < -0.3 is 0 Å². The lowest BCUT2D eigenvalue weighted by Crippen LogP contribution is -2.11. The standard InChI is InChI=1S/C10H16/c1-3-9-6-5-7-10(4-2)8-9/h3-4,9-10H,1-2,5-8H2/t9-,10-/m0/s1. The Balaban J connectivity index is 2.38. The molecule has 56 valence electrons. The molecule has 0 aromatic carbocycles. The summed E-state index contributed by atoms with van der Waals surface area (Å²) in [6.07, 6.45) is 9.51. The molecule has 0 radical (unpaired) electrons. The molecule has 0 N–H and O–H groups in total. The molecule has 1 aliphatic rings. The maximum Gasteiger partial charge on any atom is -0.0231 e. The fourth-order valence-electron chi connectivity index (χ4n) is 1.69. The lowest BCUT2D eigenvalue weighted by molar-refractivity contribution is 0.353. The average Bonchev–Trinajstić information content (AvgIpc) is 2.05. The van der Waals surface area contributed by atoms with Gasteiger partial charge in [0.2, 0.25) is 0 Å². The Labute approximate surface area is 63.6 Å². The van der Waals surface area contributed by atoms with Crippen LogP contribution in [0.3, 0.4) is 0 Å². The molecule has 0 heterocycles. The van der Waals surface area contributed by atoms with Crippen molar-refractivity contribution in [2.75, 3.05) is 0 Å². The van der Waals surface area contributed by atoms with Gasteiger partial charge in [-0.25, -0.2) is 0 Å². The van der Waals surface area contributed by atoms with E-state index in [1.807, 2.05) is 0 Å². The summed E-state index contributed by atoms with van der Waals surface area (Å²) in [5.74, 6) is 1.52. The van der Waals surface area contributed by atoms with Crippen molar-refractivity contribution >= 4 is 0 Å². The van der Waals surface area contributed by atoms with Crippen LogP contribution in [-0.2, 0) is 0 Å². The van der Waals surface area contributed by atoms with Gasteiger partial charge in [-0.15, -0.1) is 13.2 Å². The lowest BCUT2D eigenvalue weighted by atomic mass is 9.82. The summed E-state index contributed by atoms with van der Waals surface area (Å²) in [5.41, 5.74) is 0. The quantitative estimate of drug-likeness (QED) is 0.511. The predicted molar refractivity (Wildman–Crippen MR) is 45.8 cm³/mol. The van der Waals surface area contributed by atoms with Crippen molar-refractivity contribution in [2.24, 2.45) is 11.8 Å². The normalized spacial score (nSPS) is 33.2. The second kappa shape index (κ2) is 3.60. The van der Waals surface area contributed by atoms with E-state index in [0.29, 0.717) is 0 Å². The minimum absolute atomic E-state index is 0.761. The maximum atomic E-state index is 3.82. The Morgan fingerprint density at radius 2 is 1.50 bits per heavy atom. The van der Waals surface area contributed by atoms with Gasteiger partial charge >= 0.3 is 0 Å². The maximum absolute atomic E-state index is 3.82. The van der Waals surface area contributed by atoms with E-state index in [4.69, 9.17) is 0 Å². The van der Waals surface area contributed by atoms with Gasteiger partial charge in [0.25, 0.3) is 0 Å². The Morgan fingerprint density at radius 3 is 1.90 bits per heavy atom. The molecule has 0 heteroatoms. The van der Waals surface area contributed by atoms with E-state index in [1.165, 1.54) is 25.7 Å². The molecular weight excluding hydrogens is 120 g/mol. The van der Waals surface area contributed by atoms with E-state index >= 15 is 0 Å². The molecule has 0 aromatic heterocycles. The first-order chi connectivity index (χ1) is 4.86. The van der Waals surface area contributed by atoms with E-state index in [0.717, 1.165) is 11.8 Å². The predicted octanol–water partition coefficient (Wildman–Crippen LogP) is 3.16. The Morgan fingerprint density at radius 1 is 1.00 bits per heavy atom. The highest BCUT2D eigenvalue weighted by molar-refractivity contribution is 4.90. The van der Waals surface area contributed by atoms with Crippen LogP contribution in [0.2, 0.25) is 0 Å². The van der Waals surface area contributed by atoms with Crippen molar-refractivity contribution in [3.05, 3.63) is 25.3 Å². The fourth-order valence-corrected chi connectivity index (χ4v) is 1.69.